The van der Waals surface area contributed by atoms with Gasteiger partial charge < -0.3 is 18.9 Å². The molecule has 2 aliphatic rings. The first-order valence-corrected chi connectivity index (χ1v) is 13.8. The number of nitriles is 1. The molecular weight excluding hydrogens is 458 g/mol. The Kier molecular flexibility index (Phi) is 7.12. The minimum atomic E-state index is 0.0491. The fourth-order valence-corrected chi connectivity index (χ4v) is 5.88. The van der Waals surface area contributed by atoms with Crippen LogP contribution in [0.25, 0.3) is 32.8 Å². The molecule has 37 heavy (non-hydrogen) atoms. The molecule has 0 amide bonds. The van der Waals surface area contributed by atoms with Gasteiger partial charge in [-0.3, -0.25) is 0 Å². The summed E-state index contributed by atoms with van der Waals surface area (Å²) in [5, 5.41) is 13.0. The Labute approximate surface area is 219 Å². The number of rotatable bonds is 7. The molecule has 1 unspecified atom stereocenters. The van der Waals surface area contributed by atoms with Crippen LogP contribution in [-0.4, -0.2) is 42.3 Å². The van der Waals surface area contributed by atoms with E-state index in [9.17, 15) is 5.26 Å². The predicted molar refractivity (Wildman–Crippen MR) is 149 cm³/mol. The number of fused-ring (bicyclic) bond motifs is 2. The fourth-order valence-electron chi connectivity index (χ4n) is 5.88. The van der Waals surface area contributed by atoms with Crippen LogP contribution in [0.4, 0.5) is 0 Å². The molecule has 3 aromatic carbocycles. The highest BCUT2D eigenvalue weighted by atomic mass is 16.5. The molecule has 2 fully saturated rings. The van der Waals surface area contributed by atoms with Crippen molar-refractivity contribution in [3.05, 3.63) is 66.4 Å². The van der Waals surface area contributed by atoms with E-state index in [4.69, 9.17) is 9.47 Å². The highest BCUT2D eigenvalue weighted by molar-refractivity contribution is 5.99. The normalized spacial score (nSPS) is 18.7. The molecular formula is C32H35N3O2. The maximum absolute atomic E-state index is 9.53. The predicted octanol–water partition coefficient (Wildman–Crippen LogP) is 7.29. The molecule has 2 aliphatic heterocycles. The second-order valence-electron chi connectivity index (χ2n) is 10.4. The second kappa shape index (κ2) is 11.0. The fraction of sp³-hybridized carbons (Fsp3) is 0.406. The van der Waals surface area contributed by atoms with Crippen molar-refractivity contribution in [1.29, 1.82) is 5.26 Å². The van der Waals surface area contributed by atoms with E-state index in [0.29, 0.717) is 5.56 Å². The van der Waals surface area contributed by atoms with Crippen LogP contribution >= 0.6 is 0 Å². The molecule has 2 saturated heterocycles. The smallest absolute Gasteiger partial charge is 0.133 e. The van der Waals surface area contributed by atoms with Crippen molar-refractivity contribution in [2.75, 3.05) is 32.8 Å². The molecule has 3 heterocycles. The maximum Gasteiger partial charge on any atom is 0.133 e. The highest BCUT2D eigenvalue weighted by Crippen LogP contribution is 2.37. The van der Waals surface area contributed by atoms with E-state index in [2.05, 4.69) is 64.2 Å². The molecule has 5 nitrogen and oxygen atoms in total. The summed E-state index contributed by atoms with van der Waals surface area (Å²) < 4.78 is 14.5. The Bertz CT molecular complexity index is 1420. The Balaban J connectivity index is 1.23. The third-order valence-corrected chi connectivity index (χ3v) is 7.89. The van der Waals surface area contributed by atoms with Crippen molar-refractivity contribution < 1.29 is 9.47 Å². The lowest BCUT2D eigenvalue weighted by Gasteiger charge is -2.26. The Morgan fingerprint density at radius 1 is 0.919 bits per heavy atom. The average molecular weight is 494 g/mol. The van der Waals surface area contributed by atoms with E-state index in [1.165, 1.54) is 49.5 Å². The molecule has 4 aromatic rings. The number of hydrogen-bond acceptors (Lipinski definition) is 4. The number of nitrogens with zero attached hydrogens (tertiary/aromatic N) is 3. The molecule has 1 aromatic heterocycles. The maximum atomic E-state index is 9.53. The molecule has 5 heteroatoms. The summed E-state index contributed by atoms with van der Waals surface area (Å²) in [6.07, 6.45) is 10.7. The molecule has 0 radical (unpaired) electrons. The van der Waals surface area contributed by atoms with Crippen LogP contribution in [0.2, 0.25) is 0 Å². The van der Waals surface area contributed by atoms with Gasteiger partial charge in [-0.25, -0.2) is 0 Å². The molecule has 0 N–H and O–H groups in total. The molecule has 0 bridgehead atoms. The van der Waals surface area contributed by atoms with Gasteiger partial charge >= 0.3 is 0 Å². The first kappa shape index (κ1) is 24.0. The monoisotopic (exact) mass is 493 g/mol. The van der Waals surface area contributed by atoms with E-state index in [-0.39, 0.29) is 6.23 Å². The Morgan fingerprint density at radius 3 is 2.62 bits per heavy atom. The third kappa shape index (κ3) is 5.23. The van der Waals surface area contributed by atoms with Crippen molar-refractivity contribution in [1.82, 2.24) is 9.47 Å². The van der Waals surface area contributed by atoms with Gasteiger partial charge in [0, 0.05) is 30.3 Å². The zero-order valence-electron chi connectivity index (χ0n) is 21.5. The summed E-state index contributed by atoms with van der Waals surface area (Å²) >= 11 is 0. The van der Waals surface area contributed by atoms with E-state index in [1.54, 1.807) is 0 Å². The minimum Gasteiger partial charge on any atom is -0.494 e. The number of benzene rings is 3. The summed E-state index contributed by atoms with van der Waals surface area (Å²) in [5.74, 6) is 0.934. The molecule has 6 rings (SSSR count). The summed E-state index contributed by atoms with van der Waals surface area (Å²) in [7, 11) is 0. The van der Waals surface area contributed by atoms with E-state index < -0.39 is 0 Å². The zero-order chi connectivity index (χ0) is 25.0. The van der Waals surface area contributed by atoms with Crippen molar-refractivity contribution >= 4 is 21.7 Å². The van der Waals surface area contributed by atoms with Gasteiger partial charge in [0.05, 0.1) is 23.8 Å². The number of aromatic nitrogens is 1. The van der Waals surface area contributed by atoms with Crippen LogP contribution in [0.3, 0.4) is 0 Å². The number of likely N-dealkylation sites (tertiary alicyclic amines) is 1. The summed E-state index contributed by atoms with van der Waals surface area (Å²) in [6, 6.07) is 21.3. The Hall–Kier alpha value is -3.33. The van der Waals surface area contributed by atoms with Crippen LogP contribution in [-0.2, 0) is 4.74 Å². The van der Waals surface area contributed by atoms with Crippen molar-refractivity contribution in [2.45, 2.75) is 51.2 Å². The molecule has 190 valence electrons. The third-order valence-electron chi connectivity index (χ3n) is 7.89. The lowest BCUT2D eigenvalue weighted by molar-refractivity contribution is -0.0291. The largest absolute Gasteiger partial charge is 0.494 e. The van der Waals surface area contributed by atoms with E-state index >= 15 is 0 Å². The van der Waals surface area contributed by atoms with E-state index in [1.807, 2.05) is 12.1 Å². The molecule has 1 atom stereocenters. The molecule has 0 aliphatic carbocycles. The van der Waals surface area contributed by atoms with Gasteiger partial charge in [0.1, 0.15) is 12.0 Å². The lowest BCUT2D eigenvalue weighted by atomic mass is 10.00. The van der Waals surface area contributed by atoms with Gasteiger partial charge in [0.25, 0.3) is 0 Å². The number of piperidine rings is 1. The molecule has 0 saturated carbocycles. The van der Waals surface area contributed by atoms with Crippen LogP contribution in [0.5, 0.6) is 5.75 Å². The van der Waals surface area contributed by atoms with Crippen molar-refractivity contribution in [2.24, 2.45) is 0 Å². The topological polar surface area (TPSA) is 50.4 Å². The average Bonchev–Trinajstić information content (AvgIpc) is 3.35. The quantitative estimate of drug-likeness (QED) is 0.254. The summed E-state index contributed by atoms with van der Waals surface area (Å²) in [6.45, 7) is 5.16. The first-order chi connectivity index (χ1) is 18.3. The lowest BCUT2D eigenvalue weighted by Crippen LogP contribution is -2.31. The second-order valence-corrected chi connectivity index (χ2v) is 10.4. The van der Waals surface area contributed by atoms with Gasteiger partial charge in [-0.15, -0.1) is 0 Å². The van der Waals surface area contributed by atoms with Gasteiger partial charge in [-0.2, -0.15) is 5.26 Å². The summed E-state index contributed by atoms with van der Waals surface area (Å²) in [5.41, 5.74) is 4.09. The van der Waals surface area contributed by atoms with Gasteiger partial charge in [-0.1, -0.05) is 24.6 Å². The Morgan fingerprint density at radius 2 is 1.78 bits per heavy atom. The van der Waals surface area contributed by atoms with Gasteiger partial charge in [0.15, 0.2) is 0 Å². The van der Waals surface area contributed by atoms with Crippen LogP contribution in [0.1, 0.15) is 56.7 Å². The standard InChI is InChI=1S/C32H35N3O2/c33-22-24-8-13-31-29(19-24)30(23-35(31)32-7-2-5-17-37-32)27-10-9-26-21-28(12-11-25(26)20-27)36-18-6-16-34-14-3-1-4-15-34/h8-13,19-21,23,32H,1-7,14-18H2. The van der Waals surface area contributed by atoms with Gasteiger partial charge in [-0.05, 0) is 104 Å². The van der Waals surface area contributed by atoms with Crippen LogP contribution in [0.15, 0.2) is 60.8 Å². The first-order valence-electron chi connectivity index (χ1n) is 13.8. The number of hydrogen-bond donors (Lipinski definition) is 0. The SMILES string of the molecule is N#Cc1ccc2c(c1)c(-c1ccc3cc(OCCCN4CCCCC4)ccc3c1)cn2C1CCCCO1. The van der Waals surface area contributed by atoms with Gasteiger partial charge in [0.2, 0.25) is 0 Å². The zero-order valence-corrected chi connectivity index (χ0v) is 21.5. The van der Waals surface area contributed by atoms with Crippen molar-refractivity contribution in [3.8, 4) is 22.9 Å². The van der Waals surface area contributed by atoms with Crippen LogP contribution in [0, 0.1) is 11.3 Å². The summed E-state index contributed by atoms with van der Waals surface area (Å²) in [4.78, 5) is 2.56. The number of ether oxygens (including phenoxy) is 2. The van der Waals surface area contributed by atoms with Crippen molar-refractivity contribution in [3.63, 3.8) is 0 Å². The molecule has 0 spiro atoms. The highest BCUT2D eigenvalue weighted by Gasteiger charge is 2.20. The van der Waals surface area contributed by atoms with Crippen LogP contribution < -0.4 is 4.74 Å². The minimum absolute atomic E-state index is 0.0491. The van der Waals surface area contributed by atoms with E-state index in [0.717, 1.165) is 66.8 Å².